The second kappa shape index (κ2) is 5.19. The molecule has 1 aliphatic heterocycles. The van der Waals surface area contributed by atoms with Gasteiger partial charge in [-0.2, -0.15) is 0 Å². The second-order valence-electron chi connectivity index (χ2n) is 4.35. The van der Waals surface area contributed by atoms with Gasteiger partial charge in [-0.05, 0) is 18.6 Å². The van der Waals surface area contributed by atoms with Crippen LogP contribution < -0.4 is 10.6 Å². The summed E-state index contributed by atoms with van der Waals surface area (Å²) in [5.41, 5.74) is 2.26. The number of nitrogens with one attached hydrogen (secondary N) is 2. The van der Waals surface area contributed by atoms with E-state index in [4.69, 9.17) is 4.74 Å². The van der Waals surface area contributed by atoms with Crippen LogP contribution in [0.3, 0.4) is 0 Å². The lowest BCUT2D eigenvalue weighted by Crippen LogP contribution is -2.41. The largest absolute Gasteiger partial charge is 0.380 e. The fraction of sp³-hybridized carbons (Fsp3) is 0.462. The molecule has 1 unspecified atom stereocenters. The minimum Gasteiger partial charge on any atom is -0.380 e. The van der Waals surface area contributed by atoms with Gasteiger partial charge in [0.2, 0.25) is 5.91 Å². The Morgan fingerprint density at radius 2 is 2.35 bits per heavy atom. The quantitative estimate of drug-likeness (QED) is 0.822. The van der Waals surface area contributed by atoms with Gasteiger partial charge in [0.1, 0.15) is 6.04 Å². The van der Waals surface area contributed by atoms with Gasteiger partial charge in [0, 0.05) is 25.8 Å². The normalized spacial score (nSPS) is 19.3. The lowest BCUT2D eigenvalue weighted by Gasteiger charge is -2.14. The maximum atomic E-state index is 11.9. The first-order valence-corrected chi connectivity index (χ1v) is 5.85. The first kappa shape index (κ1) is 11.9. The molecule has 1 amide bonds. The third-order valence-electron chi connectivity index (χ3n) is 3.05. The second-order valence-corrected chi connectivity index (χ2v) is 4.35. The van der Waals surface area contributed by atoms with Gasteiger partial charge in [-0.25, -0.2) is 0 Å². The highest BCUT2D eigenvalue weighted by atomic mass is 16.5. The van der Waals surface area contributed by atoms with E-state index in [0.717, 1.165) is 12.1 Å². The van der Waals surface area contributed by atoms with Crippen LogP contribution >= 0.6 is 0 Å². The third-order valence-corrected chi connectivity index (χ3v) is 3.05. The number of rotatable bonds is 4. The van der Waals surface area contributed by atoms with Gasteiger partial charge in [-0.1, -0.05) is 18.2 Å². The van der Waals surface area contributed by atoms with E-state index in [2.05, 4.69) is 10.6 Å². The molecule has 4 heteroatoms. The molecule has 2 rings (SSSR count). The summed E-state index contributed by atoms with van der Waals surface area (Å²) >= 11 is 0. The van der Waals surface area contributed by atoms with Crippen LogP contribution in [0.2, 0.25) is 0 Å². The zero-order valence-electron chi connectivity index (χ0n) is 10.2. The summed E-state index contributed by atoms with van der Waals surface area (Å²) in [6, 6.07) is 7.86. The maximum absolute atomic E-state index is 11.9. The number of hydrogen-bond acceptors (Lipinski definition) is 3. The predicted octanol–water partition coefficient (Wildman–Crippen LogP) is 1.17. The van der Waals surface area contributed by atoms with E-state index in [9.17, 15) is 4.79 Å². The summed E-state index contributed by atoms with van der Waals surface area (Å²) in [4.78, 5) is 11.9. The van der Waals surface area contributed by atoms with E-state index in [1.54, 1.807) is 7.11 Å². The molecule has 0 aliphatic carbocycles. The molecule has 0 saturated heterocycles. The van der Waals surface area contributed by atoms with Crippen LogP contribution in [0.4, 0.5) is 5.69 Å². The first-order chi connectivity index (χ1) is 8.20. The molecule has 0 fully saturated rings. The molecule has 2 N–H and O–H groups in total. The van der Waals surface area contributed by atoms with Gasteiger partial charge in [-0.3, -0.25) is 4.79 Å². The van der Waals surface area contributed by atoms with Crippen molar-refractivity contribution in [2.75, 3.05) is 19.0 Å². The third kappa shape index (κ3) is 2.77. The van der Waals surface area contributed by atoms with Crippen molar-refractivity contribution in [3.05, 3.63) is 29.8 Å². The summed E-state index contributed by atoms with van der Waals surface area (Å²) in [6.07, 6.45) is 0.798. The van der Waals surface area contributed by atoms with Gasteiger partial charge in [0.15, 0.2) is 0 Å². The summed E-state index contributed by atoms with van der Waals surface area (Å²) in [5, 5.41) is 6.11. The fourth-order valence-corrected chi connectivity index (χ4v) is 1.91. The fourth-order valence-electron chi connectivity index (χ4n) is 1.91. The van der Waals surface area contributed by atoms with Crippen molar-refractivity contribution in [3.63, 3.8) is 0 Å². The molecule has 17 heavy (non-hydrogen) atoms. The molecule has 0 saturated carbocycles. The molecule has 0 radical (unpaired) electrons. The Balaban J connectivity index is 1.88. The van der Waals surface area contributed by atoms with Crippen LogP contribution in [0.15, 0.2) is 24.3 Å². The van der Waals surface area contributed by atoms with Crippen molar-refractivity contribution < 1.29 is 9.53 Å². The zero-order chi connectivity index (χ0) is 12.3. The average Bonchev–Trinajstić information content (AvgIpc) is 2.79. The van der Waals surface area contributed by atoms with Gasteiger partial charge in [0.25, 0.3) is 0 Å². The van der Waals surface area contributed by atoms with Gasteiger partial charge in [0.05, 0.1) is 6.10 Å². The standard InChI is InChI=1S/C13H18N2O2/c1-9(17-2)8-14-13(16)12-7-10-5-3-4-6-11(10)15-12/h3-6,9,12,15H,7-8H2,1-2H3,(H,14,16)/t9?,12-/m0/s1. The monoisotopic (exact) mass is 234 g/mol. The molecule has 1 aromatic rings. The molecular weight excluding hydrogens is 216 g/mol. The molecule has 1 aromatic carbocycles. The van der Waals surface area contributed by atoms with Crippen molar-refractivity contribution in [2.45, 2.75) is 25.5 Å². The first-order valence-electron chi connectivity index (χ1n) is 5.85. The number of methoxy groups -OCH3 is 1. The predicted molar refractivity (Wildman–Crippen MR) is 67.0 cm³/mol. The van der Waals surface area contributed by atoms with E-state index in [0.29, 0.717) is 6.54 Å². The average molecular weight is 234 g/mol. The Labute approximate surface area is 101 Å². The summed E-state index contributed by atoms with van der Waals surface area (Å²) < 4.78 is 5.09. The van der Waals surface area contributed by atoms with Crippen LogP contribution in [-0.2, 0) is 16.0 Å². The van der Waals surface area contributed by atoms with Crippen molar-refractivity contribution in [2.24, 2.45) is 0 Å². The molecule has 0 spiro atoms. The number of hydrogen-bond donors (Lipinski definition) is 2. The molecule has 1 heterocycles. The van der Waals surface area contributed by atoms with Crippen LogP contribution in [0.1, 0.15) is 12.5 Å². The number of amides is 1. The highest BCUT2D eigenvalue weighted by Crippen LogP contribution is 2.24. The Morgan fingerprint density at radius 3 is 3.06 bits per heavy atom. The number of carbonyl (C=O) groups excluding carboxylic acids is 1. The number of carbonyl (C=O) groups is 1. The molecule has 2 atom stereocenters. The molecular formula is C13H18N2O2. The van der Waals surface area contributed by atoms with E-state index >= 15 is 0 Å². The molecule has 92 valence electrons. The van der Waals surface area contributed by atoms with Gasteiger partial charge < -0.3 is 15.4 Å². The summed E-state index contributed by atoms with van der Waals surface area (Å²) in [5.74, 6) is 0.0325. The maximum Gasteiger partial charge on any atom is 0.242 e. The number of para-hydroxylation sites is 1. The zero-order valence-corrected chi connectivity index (χ0v) is 10.2. The highest BCUT2D eigenvalue weighted by Gasteiger charge is 2.26. The van der Waals surface area contributed by atoms with Gasteiger partial charge >= 0.3 is 0 Å². The molecule has 1 aliphatic rings. The van der Waals surface area contributed by atoms with Crippen LogP contribution in [-0.4, -0.2) is 31.7 Å². The van der Waals surface area contributed by atoms with Crippen molar-refractivity contribution in [1.29, 1.82) is 0 Å². The molecule has 0 bridgehead atoms. The summed E-state index contributed by atoms with van der Waals surface area (Å²) in [7, 11) is 1.64. The SMILES string of the molecule is COC(C)CNC(=O)[C@@H]1Cc2ccccc2N1. The van der Waals surface area contributed by atoms with E-state index in [1.165, 1.54) is 5.56 Å². The van der Waals surface area contributed by atoms with Crippen molar-refractivity contribution in [3.8, 4) is 0 Å². The Morgan fingerprint density at radius 1 is 1.59 bits per heavy atom. The molecule has 4 nitrogen and oxygen atoms in total. The van der Waals surface area contributed by atoms with Gasteiger partial charge in [-0.15, -0.1) is 0 Å². The van der Waals surface area contributed by atoms with E-state index in [1.807, 2.05) is 31.2 Å². The van der Waals surface area contributed by atoms with E-state index in [-0.39, 0.29) is 18.1 Å². The topological polar surface area (TPSA) is 50.4 Å². The summed E-state index contributed by atoms with van der Waals surface area (Å²) in [6.45, 7) is 2.47. The minimum absolute atomic E-state index is 0.0325. The van der Waals surface area contributed by atoms with E-state index < -0.39 is 0 Å². The van der Waals surface area contributed by atoms with Crippen molar-refractivity contribution in [1.82, 2.24) is 5.32 Å². The highest BCUT2D eigenvalue weighted by molar-refractivity contribution is 5.87. The number of ether oxygens (including phenoxy) is 1. The van der Waals surface area contributed by atoms with Crippen molar-refractivity contribution >= 4 is 11.6 Å². The number of fused-ring (bicyclic) bond motifs is 1. The number of anilines is 1. The Hall–Kier alpha value is -1.55. The number of benzene rings is 1. The minimum atomic E-state index is -0.156. The smallest absolute Gasteiger partial charge is 0.242 e. The Kier molecular flexibility index (Phi) is 3.64. The lowest BCUT2D eigenvalue weighted by molar-refractivity contribution is -0.122. The van der Waals surface area contributed by atoms with Crippen LogP contribution in [0.5, 0.6) is 0 Å². The Bertz CT molecular complexity index is 381. The molecule has 0 aromatic heterocycles. The van der Waals surface area contributed by atoms with Crippen LogP contribution in [0, 0.1) is 0 Å². The lowest BCUT2D eigenvalue weighted by atomic mass is 10.1. The van der Waals surface area contributed by atoms with Crippen LogP contribution in [0.25, 0.3) is 0 Å².